The van der Waals surface area contributed by atoms with Crippen LogP contribution >= 0.6 is 0 Å². The molecule has 1 spiro atoms. The van der Waals surface area contributed by atoms with Crippen molar-refractivity contribution in [2.24, 2.45) is 28.6 Å². The Balaban J connectivity index is 1.93. The van der Waals surface area contributed by atoms with E-state index in [9.17, 15) is 30.6 Å². The van der Waals surface area contributed by atoms with Gasteiger partial charge in [-0.05, 0) is 38.5 Å². The molecule has 4 rings (SSSR count). The zero-order valence-corrected chi connectivity index (χ0v) is 15.8. The Morgan fingerprint density at radius 2 is 1.58 bits per heavy atom. The summed E-state index contributed by atoms with van der Waals surface area (Å²) in [5.74, 6) is -1.58. The van der Waals surface area contributed by atoms with Gasteiger partial charge >= 0.3 is 0 Å². The summed E-state index contributed by atoms with van der Waals surface area (Å²) >= 11 is 0. The van der Waals surface area contributed by atoms with E-state index in [0.717, 1.165) is 5.57 Å². The molecule has 148 valence electrons. The first-order valence-electron chi connectivity index (χ1n) is 9.68. The van der Waals surface area contributed by atoms with Crippen LogP contribution in [0.2, 0.25) is 0 Å². The van der Waals surface area contributed by atoms with Crippen LogP contribution in [0.15, 0.2) is 12.2 Å². The molecule has 10 atom stereocenters. The van der Waals surface area contributed by atoms with Crippen molar-refractivity contribution in [3.05, 3.63) is 12.2 Å². The van der Waals surface area contributed by atoms with E-state index in [0.29, 0.717) is 19.3 Å². The summed E-state index contributed by atoms with van der Waals surface area (Å²) in [6, 6.07) is 0. The third kappa shape index (κ3) is 1.79. The van der Waals surface area contributed by atoms with Gasteiger partial charge in [0.2, 0.25) is 0 Å². The van der Waals surface area contributed by atoms with Gasteiger partial charge < -0.3 is 30.6 Å². The van der Waals surface area contributed by atoms with Crippen molar-refractivity contribution in [2.45, 2.75) is 82.1 Å². The SMILES string of the molecule is C=C1CC23CC(O)C4(O)C(C(O)C(O)C4(C)C)C(C)(O)C2CCC1C3O. The Bertz CT molecular complexity index is 644. The zero-order chi connectivity index (χ0) is 19.4. The van der Waals surface area contributed by atoms with E-state index in [1.807, 2.05) is 0 Å². The van der Waals surface area contributed by atoms with Crippen LogP contribution in [0.25, 0.3) is 0 Å². The number of hydrogen-bond acceptors (Lipinski definition) is 6. The van der Waals surface area contributed by atoms with Gasteiger partial charge in [-0.15, -0.1) is 0 Å². The van der Waals surface area contributed by atoms with E-state index in [1.54, 1.807) is 20.8 Å². The maximum atomic E-state index is 11.7. The molecule has 4 saturated carbocycles. The van der Waals surface area contributed by atoms with Gasteiger partial charge in [0.25, 0.3) is 0 Å². The fourth-order valence-corrected chi connectivity index (χ4v) is 7.48. The van der Waals surface area contributed by atoms with E-state index < -0.39 is 58.3 Å². The lowest BCUT2D eigenvalue weighted by atomic mass is 9.57. The first kappa shape index (κ1) is 18.8. The van der Waals surface area contributed by atoms with Crippen molar-refractivity contribution in [2.75, 3.05) is 0 Å². The first-order valence-corrected chi connectivity index (χ1v) is 9.68. The van der Waals surface area contributed by atoms with Crippen molar-refractivity contribution in [3.8, 4) is 0 Å². The fourth-order valence-electron chi connectivity index (χ4n) is 7.48. The predicted molar refractivity (Wildman–Crippen MR) is 93.9 cm³/mol. The standard InChI is InChI=1S/C20H32O6/c1-9-7-19-8-12(21)20(26)14(13(22)16(24)17(20,2)3)18(4,25)11(19)6-5-10(9)15(19)23/h10-16,21-26H,1,5-8H2,2-4H3. The largest absolute Gasteiger partial charge is 0.392 e. The van der Waals surface area contributed by atoms with Crippen molar-refractivity contribution in [1.82, 2.24) is 0 Å². The summed E-state index contributed by atoms with van der Waals surface area (Å²) < 4.78 is 0. The lowest BCUT2D eigenvalue weighted by Crippen LogP contribution is -2.62. The van der Waals surface area contributed by atoms with Gasteiger partial charge in [-0.3, -0.25) is 0 Å². The van der Waals surface area contributed by atoms with E-state index in [4.69, 9.17) is 0 Å². The molecule has 0 amide bonds. The van der Waals surface area contributed by atoms with Crippen molar-refractivity contribution >= 4 is 0 Å². The Morgan fingerprint density at radius 3 is 2.19 bits per heavy atom. The van der Waals surface area contributed by atoms with Crippen LogP contribution in [0.3, 0.4) is 0 Å². The summed E-state index contributed by atoms with van der Waals surface area (Å²) in [5, 5.41) is 66.9. The second-order valence-corrected chi connectivity index (χ2v) is 10.2. The van der Waals surface area contributed by atoms with Gasteiger partial charge in [0, 0.05) is 22.7 Å². The van der Waals surface area contributed by atoms with Gasteiger partial charge in [0.15, 0.2) is 0 Å². The molecule has 2 bridgehead atoms. The first-order chi connectivity index (χ1) is 11.8. The molecule has 0 aromatic rings. The molecule has 0 radical (unpaired) electrons. The summed E-state index contributed by atoms with van der Waals surface area (Å²) in [7, 11) is 0. The highest BCUT2D eigenvalue weighted by Crippen LogP contribution is 2.68. The van der Waals surface area contributed by atoms with Crippen LogP contribution in [0.5, 0.6) is 0 Å². The van der Waals surface area contributed by atoms with E-state index >= 15 is 0 Å². The molecule has 0 aliphatic heterocycles. The molecule has 26 heavy (non-hydrogen) atoms. The number of rotatable bonds is 0. The average Bonchev–Trinajstić information content (AvgIpc) is 2.73. The van der Waals surface area contributed by atoms with E-state index in [1.165, 1.54) is 0 Å². The molecule has 6 nitrogen and oxygen atoms in total. The molecular weight excluding hydrogens is 336 g/mol. The predicted octanol–water partition coefficient (Wildman–Crippen LogP) is -0.0557. The maximum Gasteiger partial charge on any atom is 0.106 e. The lowest BCUT2D eigenvalue weighted by Gasteiger charge is -2.51. The van der Waals surface area contributed by atoms with Crippen molar-refractivity contribution in [1.29, 1.82) is 0 Å². The van der Waals surface area contributed by atoms with Crippen molar-refractivity contribution in [3.63, 3.8) is 0 Å². The van der Waals surface area contributed by atoms with Crippen LogP contribution in [-0.4, -0.2) is 66.3 Å². The molecule has 0 aromatic heterocycles. The third-order valence-corrected chi connectivity index (χ3v) is 8.84. The van der Waals surface area contributed by atoms with Gasteiger partial charge in [0.1, 0.15) is 5.60 Å². The highest BCUT2D eigenvalue weighted by molar-refractivity contribution is 5.30. The molecule has 4 fully saturated rings. The normalized spacial score (nSPS) is 61.1. The summed E-state index contributed by atoms with van der Waals surface area (Å²) in [5.41, 5.74) is -4.49. The zero-order valence-electron chi connectivity index (χ0n) is 15.8. The van der Waals surface area contributed by atoms with E-state index in [-0.39, 0.29) is 12.3 Å². The van der Waals surface area contributed by atoms with Crippen molar-refractivity contribution < 1.29 is 30.6 Å². The Labute approximate surface area is 154 Å². The lowest BCUT2D eigenvalue weighted by molar-refractivity contribution is -0.209. The molecule has 0 heterocycles. The van der Waals surface area contributed by atoms with Gasteiger partial charge in [-0.2, -0.15) is 0 Å². The Hall–Kier alpha value is -0.500. The summed E-state index contributed by atoms with van der Waals surface area (Å²) in [6.45, 7) is 8.91. The van der Waals surface area contributed by atoms with Gasteiger partial charge in [0.05, 0.1) is 30.0 Å². The van der Waals surface area contributed by atoms with Crippen LogP contribution < -0.4 is 0 Å². The molecule has 0 aromatic carbocycles. The molecule has 0 saturated heterocycles. The molecule has 6 N–H and O–H groups in total. The second kappa shape index (κ2) is 5.10. The van der Waals surface area contributed by atoms with Crippen LogP contribution in [0, 0.1) is 28.6 Å². The number of fused-ring (bicyclic) bond motifs is 2. The van der Waals surface area contributed by atoms with Crippen LogP contribution in [0.4, 0.5) is 0 Å². The summed E-state index contributed by atoms with van der Waals surface area (Å²) in [6.07, 6.45) is -2.74. The van der Waals surface area contributed by atoms with Gasteiger partial charge in [-0.25, -0.2) is 0 Å². The minimum Gasteiger partial charge on any atom is -0.392 e. The second-order valence-electron chi connectivity index (χ2n) is 10.2. The third-order valence-electron chi connectivity index (χ3n) is 8.84. The quantitative estimate of drug-likeness (QED) is 0.333. The topological polar surface area (TPSA) is 121 Å². The minimum absolute atomic E-state index is 0.0506. The average molecular weight is 368 g/mol. The summed E-state index contributed by atoms with van der Waals surface area (Å²) in [4.78, 5) is 0. The smallest absolute Gasteiger partial charge is 0.106 e. The number of aliphatic hydroxyl groups excluding tert-OH is 4. The molecule has 6 heteroatoms. The number of hydrogen-bond donors (Lipinski definition) is 6. The number of aliphatic hydroxyl groups is 6. The van der Waals surface area contributed by atoms with Crippen LogP contribution in [-0.2, 0) is 0 Å². The highest BCUT2D eigenvalue weighted by atomic mass is 16.4. The monoisotopic (exact) mass is 368 g/mol. The maximum absolute atomic E-state index is 11.7. The molecule has 10 unspecified atom stereocenters. The molecular formula is C20H32O6. The van der Waals surface area contributed by atoms with E-state index in [2.05, 4.69) is 6.58 Å². The molecule has 4 aliphatic carbocycles. The van der Waals surface area contributed by atoms with Gasteiger partial charge in [-0.1, -0.05) is 26.0 Å². The minimum atomic E-state index is -1.87. The Kier molecular flexibility index (Phi) is 3.70. The highest BCUT2D eigenvalue weighted by Gasteiger charge is 2.77. The Morgan fingerprint density at radius 1 is 0.962 bits per heavy atom. The molecule has 4 aliphatic rings. The fraction of sp³-hybridized carbons (Fsp3) is 0.900. The van der Waals surface area contributed by atoms with Crippen LogP contribution in [0.1, 0.15) is 46.5 Å².